The van der Waals surface area contributed by atoms with Crippen molar-refractivity contribution in [1.29, 1.82) is 0 Å². The summed E-state index contributed by atoms with van der Waals surface area (Å²) >= 11 is 1.82. The molecule has 0 aromatic heterocycles. The highest BCUT2D eigenvalue weighted by molar-refractivity contribution is 7.99. The number of phosphoric ester groups is 1. The van der Waals surface area contributed by atoms with Crippen LogP contribution in [-0.4, -0.2) is 39.8 Å². The molecule has 0 aliphatic rings. The second kappa shape index (κ2) is 21.8. The van der Waals surface area contributed by atoms with E-state index in [0.29, 0.717) is 13.0 Å². The van der Waals surface area contributed by atoms with E-state index in [1.165, 1.54) is 96.8 Å². The van der Waals surface area contributed by atoms with Gasteiger partial charge >= 0.3 is 7.82 Å². The first kappa shape index (κ1) is 30.9. The summed E-state index contributed by atoms with van der Waals surface area (Å²) in [4.78, 5) is 28.7. The van der Waals surface area contributed by atoms with Crippen molar-refractivity contribution in [1.82, 2.24) is 5.32 Å². The van der Waals surface area contributed by atoms with Crippen LogP contribution in [0.1, 0.15) is 117 Å². The van der Waals surface area contributed by atoms with Gasteiger partial charge in [0.25, 0.3) is 0 Å². The molecule has 0 saturated heterocycles. The molecule has 1 atom stereocenters. The van der Waals surface area contributed by atoms with Crippen molar-refractivity contribution in [3.63, 3.8) is 0 Å². The Hall–Kier alpha value is -0.0700. The Bertz CT molecular complexity index is 461. The quantitative estimate of drug-likeness (QED) is 0.112. The van der Waals surface area contributed by atoms with Gasteiger partial charge in [-0.05, 0) is 25.0 Å². The van der Waals surface area contributed by atoms with Crippen LogP contribution in [0.25, 0.3) is 0 Å². The van der Waals surface area contributed by atoms with Crippen LogP contribution >= 0.6 is 19.6 Å². The van der Waals surface area contributed by atoms with Gasteiger partial charge in [-0.15, -0.1) is 0 Å². The maximum atomic E-state index is 11.0. The minimum Gasteiger partial charge on any atom is -0.356 e. The molecule has 0 bridgehead atoms. The van der Waals surface area contributed by atoms with Crippen LogP contribution in [-0.2, 0) is 13.9 Å². The van der Waals surface area contributed by atoms with Crippen LogP contribution in [0.4, 0.5) is 0 Å². The fourth-order valence-electron chi connectivity index (χ4n) is 3.57. The molecular weight excluding hydrogens is 433 g/mol. The molecule has 0 spiro atoms. The van der Waals surface area contributed by atoms with Crippen LogP contribution in [0.3, 0.4) is 0 Å². The van der Waals surface area contributed by atoms with Gasteiger partial charge in [-0.2, -0.15) is 11.8 Å². The van der Waals surface area contributed by atoms with Crippen LogP contribution < -0.4 is 5.32 Å². The molecule has 3 N–H and O–H groups in total. The van der Waals surface area contributed by atoms with E-state index in [1.54, 1.807) is 0 Å². The molecule has 0 aliphatic carbocycles. The Labute approximate surface area is 195 Å². The third kappa shape index (κ3) is 26.1. The molecule has 0 saturated carbocycles. The number of rotatable bonds is 23. The van der Waals surface area contributed by atoms with Crippen molar-refractivity contribution in [2.45, 2.75) is 122 Å². The second-order valence-electron chi connectivity index (χ2n) is 8.47. The SMILES string of the molecule is CCCCCCCCCCCCCCCCSC(CCNC(C)=O)CCOP(=O)(O)O. The molecular formula is C23H48NO5PS. The number of hydrogen-bond donors (Lipinski definition) is 3. The van der Waals surface area contributed by atoms with Crippen LogP contribution in [0.5, 0.6) is 0 Å². The fraction of sp³-hybridized carbons (Fsp3) is 0.957. The molecule has 0 aromatic carbocycles. The summed E-state index contributed by atoms with van der Waals surface area (Å²) in [5.74, 6) is 0.987. The first-order valence-electron chi connectivity index (χ1n) is 12.4. The van der Waals surface area contributed by atoms with Crippen molar-refractivity contribution in [3.8, 4) is 0 Å². The van der Waals surface area contributed by atoms with Gasteiger partial charge in [-0.1, -0.05) is 90.4 Å². The van der Waals surface area contributed by atoms with Crippen LogP contribution in [0, 0.1) is 0 Å². The number of thioether (sulfide) groups is 1. The van der Waals surface area contributed by atoms with Crippen molar-refractivity contribution in [2.24, 2.45) is 0 Å². The van der Waals surface area contributed by atoms with E-state index < -0.39 is 7.82 Å². The Morgan fingerprint density at radius 3 is 1.81 bits per heavy atom. The van der Waals surface area contributed by atoms with E-state index in [2.05, 4.69) is 16.8 Å². The highest BCUT2D eigenvalue weighted by atomic mass is 32.2. The van der Waals surface area contributed by atoms with Gasteiger partial charge in [0.1, 0.15) is 0 Å². The minimum atomic E-state index is -4.41. The lowest BCUT2D eigenvalue weighted by molar-refractivity contribution is -0.118. The van der Waals surface area contributed by atoms with Gasteiger partial charge in [0.15, 0.2) is 0 Å². The third-order valence-corrected chi connectivity index (χ3v) is 7.38. The van der Waals surface area contributed by atoms with E-state index in [4.69, 9.17) is 9.79 Å². The van der Waals surface area contributed by atoms with E-state index in [-0.39, 0.29) is 17.8 Å². The molecule has 8 heteroatoms. The molecule has 0 aromatic rings. The average Bonchev–Trinajstić information content (AvgIpc) is 2.69. The lowest BCUT2D eigenvalue weighted by Gasteiger charge is -2.17. The zero-order valence-corrected chi connectivity index (χ0v) is 21.7. The molecule has 6 nitrogen and oxygen atoms in total. The monoisotopic (exact) mass is 481 g/mol. The maximum Gasteiger partial charge on any atom is 0.469 e. The van der Waals surface area contributed by atoms with Crippen molar-refractivity contribution >= 4 is 25.5 Å². The second-order valence-corrected chi connectivity index (χ2v) is 11.1. The summed E-state index contributed by atoms with van der Waals surface area (Å²) in [5, 5.41) is 3.03. The van der Waals surface area contributed by atoms with Gasteiger partial charge in [0, 0.05) is 18.7 Å². The molecule has 186 valence electrons. The zero-order valence-electron chi connectivity index (χ0n) is 20.0. The normalized spacial score (nSPS) is 12.8. The van der Waals surface area contributed by atoms with Crippen LogP contribution in [0.2, 0.25) is 0 Å². The molecule has 0 aliphatic heterocycles. The summed E-state index contributed by atoms with van der Waals surface area (Å²) in [5.41, 5.74) is 0. The highest BCUT2D eigenvalue weighted by Crippen LogP contribution is 2.36. The predicted molar refractivity (Wildman–Crippen MR) is 132 cm³/mol. The first-order valence-corrected chi connectivity index (χ1v) is 15.0. The van der Waals surface area contributed by atoms with Gasteiger partial charge in [0.05, 0.1) is 6.61 Å². The number of phosphoric acid groups is 1. The summed E-state index contributed by atoms with van der Waals surface area (Å²) in [6.07, 6.45) is 20.2. The molecule has 0 heterocycles. The average molecular weight is 482 g/mol. The summed E-state index contributed by atoms with van der Waals surface area (Å²) in [6, 6.07) is 0. The largest absolute Gasteiger partial charge is 0.469 e. The van der Waals surface area contributed by atoms with Gasteiger partial charge in [0.2, 0.25) is 5.91 Å². The molecule has 0 radical (unpaired) electrons. The van der Waals surface area contributed by atoms with Crippen LogP contribution in [0.15, 0.2) is 0 Å². The van der Waals surface area contributed by atoms with Gasteiger partial charge < -0.3 is 15.1 Å². The molecule has 31 heavy (non-hydrogen) atoms. The number of carbonyl (C=O) groups is 1. The summed E-state index contributed by atoms with van der Waals surface area (Å²) in [7, 11) is -4.41. The van der Waals surface area contributed by atoms with E-state index in [1.807, 2.05) is 11.8 Å². The fourth-order valence-corrected chi connectivity index (χ4v) is 5.16. The number of carbonyl (C=O) groups excluding carboxylic acids is 1. The molecule has 1 amide bonds. The Morgan fingerprint density at radius 2 is 1.35 bits per heavy atom. The van der Waals surface area contributed by atoms with E-state index in [9.17, 15) is 9.36 Å². The van der Waals surface area contributed by atoms with Crippen molar-refractivity contribution in [3.05, 3.63) is 0 Å². The molecule has 0 fully saturated rings. The van der Waals surface area contributed by atoms with E-state index in [0.717, 1.165) is 12.2 Å². The number of amides is 1. The van der Waals surface area contributed by atoms with Crippen molar-refractivity contribution in [2.75, 3.05) is 18.9 Å². The van der Waals surface area contributed by atoms with Gasteiger partial charge in [-0.3, -0.25) is 9.32 Å². The number of unbranched alkanes of at least 4 members (excludes halogenated alkanes) is 13. The maximum absolute atomic E-state index is 11.0. The lowest BCUT2D eigenvalue weighted by atomic mass is 10.0. The molecule has 1 unspecified atom stereocenters. The Kier molecular flexibility index (Phi) is 21.7. The standard InChI is InChI=1S/C23H48NO5PS/c1-3-4-5-6-7-8-9-10-11-12-13-14-15-16-21-31-23(17-19-24-22(2)25)18-20-29-30(26,27)28/h23H,3-21H2,1-2H3,(H,24,25)(H2,26,27,28). The number of hydrogen-bond acceptors (Lipinski definition) is 4. The first-order chi connectivity index (χ1) is 14.8. The zero-order chi connectivity index (χ0) is 23.2. The lowest BCUT2D eigenvalue weighted by Crippen LogP contribution is -2.24. The Morgan fingerprint density at radius 1 is 0.871 bits per heavy atom. The topological polar surface area (TPSA) is 95.9 Å². The Balaban J connectivity index is 3.63. The third-order valence-electron chi connectivity index (χ3n) is 5.39. The summed E-state index contributed by atoms with van der Waals surface area (Å²) < 4.78 is 15.4. The summed E-state index contributed by atoms with van der Waals surface area (Å²) in [6.45, 7) is 4.39. The predicted octanol–water partition coefficient (Wildman–Crippen LogP) is 6.60. The van der Waals surface area contributed by atoms with Gasteiger partial charge in [-0.25, -0.2) is 4.57 Å². The van der Waals surface area contributed by atoms with E-state index >= 15 is 0 Å². The smallest absolute Gasteiger partial charge is 0.356 e. The minimum absolute atomic E-state index is 0.0424. The molecule has 0 rings (SSSR count). The van der Waals surface area contributed by atoms with Crippen molar-refractivity contribution < 1.29 is 23.7 Å². The highest BCUT2D eigenvalue weighted by Gasteiger charge is 2.16. The number of nitrogens with one attached hydrogen (secondary N) is 1.